The van der Waals surface area contributed by atoms with Gasteiger partial charge in [0.05, 0.1) is 11.3 Å². The zero-order valence-corrected chi connectivity index (χ0v) is 12.1. The van der Waals surface area contributed by atoms with Crippen molar-refractivity contribution in [2.45, 2.75) is 19.0 Å². The van der Waals surface area contributed by atoms with Crippen LogP contribution >= 0.6 is 0 Å². The largest absolute Gasteiger partial charge is 0.419 e. The minimum atomic E-state index is -4.74. The average Bonchev–Trinajstić information content (AvgIpc) is 3.03. The molecule has 8 heteroatoms. The van der Waals surface area contributed by atoms with Gasteiger partial charge in [-0.05, 0) is 25.0 Å². The summed E-state index contributed by atoms with van der Waals surface area (Å²) in [6.07, 6.45) is -1.31. The number of alkyl halides is 3. The van der Waals surface area contributed by atoms with Crippen molar-refractivity contribution >= 4 is 17.3 Å². The zero-order valence-electron chi connectivity index (χ0n) is 12.1. The Morgan fingerprint density at radius 2 is 1.83 bits per heavy atom. The number of nitrogens with one attached hydrogen (secondary N) is 1. The smallest absolute Gasteiger partial charge is 0.356 e. The van der Waals surface area contributed by atoms with Crippen LogP contribution in [0.1, 0.15) is 18.4 Å². The van der Waals surface area contributed by atoms with E-state index < -0.39 is 17.6 Å². The van der Waals surface area contributed by atoms with Gasteiger partial charge in [-0.1, -0.05) is 6.07 Å². The molecule has 1 saturated heterocycles. The van der Waals surface area contributed by atoms with Gasteiger partial charge in [0.25, 0.3) is 0 Å². The molecule has 0 atom stereocenters. The van der Waals surface area contributed by atoms with E-state index in [0.29, 0.717) is 11.9 Å². The first-order valence-electron chi connectivity index (χ1n) is 7.15. The van der Waals surface area contributed by atoms with E-state index in [4.69, 9.17) is 0 Å². The van der Waals surface area contributed by atoms with E-state index in [0.717, 1.165) is 32.0 Å². The number of halogens is 4. The Bertz CT molecular complexity index is 696. The lowest BCUT2D eigenvalue weighted by Crippen LogP contribution is -2.19. The molecule has 1 aliphatic rings. The van der Waals surface area contributed by atoms with Crippen LogP contribution in [-0.4, -0.2) is 23.1 Å². The van der Waals surface area contributed by atoms with E-state index in [2.05, 4.69) is 20.2 Å². The lowest BCUT2D eigenvalue weighted by atomic mass is 10.1. The molecule has 1 aliphatic heterocycles. The SMILES string of the molecule is Fc1c(Nc2cc(N3CCCC3)ncn2)cccc1C(F)(F)F. The first-order valence-corrected chi connectivity index (χ1v) is 7.15. The van der Waals surface area contributed by atoms with Crippen LogP contribution in [0.5, 0.6) is 0 Å². The Balaban J connectivity index is 1.86. The number of rotatable bonds is 3. The maximum Gasteiger partial charge on any atom is 0.419 e. The van der Waals surface area contributed by atoms with Gasteiger partial charge in [-0.25, -0.2) is 14.4 Å². The van der Waals surface area contributed by atoms with Crippen LogP contribution in [0.3, 0.4) is 0 Å². The fourth-order valence-corrected chi connectivity index (χ4v) is 2.52. The number of hydrogen-bond acceptors (Lipinski definition) is 4. The van der Waals surface area contributed by atoms with Crippen LogP contribution in [-0.2, 0) is 6.18 Å². The van der Waals surface area contributed by atoms with Gasteiger partial charge in [-0.15, -0.1) is 0 Å². The molecule has 2 aromatic rings. The fourth-order valence-electron chi connectivity index (χ4n) is 2.52. The Morgan fingerprint density at radius 3 is 2.52 bits per heavy atom. The molecular formula is C15H14F4N4. The lowest BCUT2D eigenvalue weighted by molar-refractivity contribution is -0.139. The number of nitrogens with zero attached hydrogens (tertiary/aromatic N) is 3. The monoisotopic (exact) mass is 326 g/mol. The minimum absolute atomic E-state index is 0.250. The summed E-state index contributed by atoms with van der Waals surface area (Å²) in [6, 6.07) is 4.69. The van der Waals surface area contributed by atoms with E-state index in [9.17, 15) is 17.6 Å². The summed E-state index contributed by atoms with van der Waals surface area (Å²) in [5.41, 5.74) is -1.58. The Kier molecular flexibility index (Phi) is 4.06. The molecule has 0 bridgehead atoms. The van der Waals surface area contributed by atoms with Crippen LogP contribution < -0.4 is 10.2 Å². The number of aromatic nitrogens is 2. The van der Waals surface area contributed by atoms with Gasteiger partial charge in [0.1, 0.15) is 18.0 Å². The first-order chi connectivity index (χ1) is 10.9. The van der Waals surface area contributed by atoms with E-state index >= 15 is 0 Å². The molecule has 2 heterocycles. The van der Waals surface area contributed by atoms with Gasteiger partial charge in [0.2, 0.25) is 0 Å². The minimum Gasteiger partial charge on any atom is -0.356 e. The molecule has 1 aromatic carbocycles. The van der Waals surface area contributed by atoms with Gasteiger partial charge in [-0.3, -0.25) is 0 Å². The highest BCUT2D eigenvalue weighted by Gasteiger charge is 2.34. The number of anilines is 3. The zero-order chi connectivity index (χ0) is 16.4. The molecule has 122 valence electrons. The summed E-state index contributed by atoms with van der Waals surface area (Å²) in [5, 5.41) is 2.60. The normalized spacial score (nSPS) is 15.0. The summed E-state index contributed by atoms with van der Waals surface area (Å²) >= 11 is 0. The van der Waals surface area contributed by atoms with Crippen molar-refractivity contribution in [3.8, 4) is 0 Å². The summed E-state index contributed by atoms with van der Waals surface area (Å²) in [6.45, 7) is 1.74. The molecule has 1 N–H and O–H groups in total. The van der Waals surface area contributed by atoms with Gasteiger partial charge < -0.3 is 10.2 Å². The van der Waals surface area contributed by atoms with Crippen LogP contribution in [0.4, 0.5) is 34.9 Å². The molecule has 3 rings (SSSR count). The van der Waals surface area contributed by atoms with Crippen LogP contribution in [0, 0.1) is 5.82 Å². The molecule has 0 amide bonds. The standard InChI is InChI=1S/C15H14F4N4/c16-14-10(15(17,18)19)4-3-5-11(14)22-12-8-13(21-9-20-12)23-6-1-2-7-23/h3-5,8-9H,1-2,6-7H2,(H,20,21,22). The summed E-state index contributed by atoms with van der Waals surface area (Å²) in [5.74, 6) is -0.422. The highest BCUT2D eigenvalue weighted by molar-refractivity contribution is 5.61. The van der Waals surface area contributed by atoms with Crippen molar-refractivity contribution in [2.75, 3.05) is 23.3 Å². The van der Waals surface area contributed by atoms with Gasteiger partial charge >= 0.3 is 6.18 Å². The molecular weight excluding hydrogens is 312 g/mol. The van der Waals surface area contributed by atoms with Crippen molar-refractivity contribution in [1.82, 2.24) is 9.97 Å². The number of benzene rings is 1. The third-order valence-electron chi connectivity index (χ3n) is 3.65. The van der Waals surface area contributed by atoms with E-state index in [1.54, 1.807) is 6.07 Å². The Morgan fingerprint density at radius 1 is 1.09 bits per heavy atom. The topological polar surface area (TPSA) is 41.0 Å². The summed E-state index contributed by atoms with van der Waals surface area (Å²) in [4.78, 5) is 10.1. The van der Waals surface area contributed by atoms with Gasteiger partial charge in [-0.2, -0.15) is 13.2 Å². The Hall–Kier alpha value is -2.38. The van der Waals surface area contributed by atoms with Crippen molar-refractivity contribution in [1.29, 1.82) is 0 Å². The molecule has 1 aromatic heterocycles. The van der Waals surface area contributed by atoms with E-state index in [-0.39, 0.29) is 11.5 Å². The van der Waals surface area contributed by atoms with Crippen molar-refractivity contribution in [3.63, 3.8) is 0 Å². The average molecular weight is 326 g/mol. The fraction of sp³-hybridized carbons (Fsp3) is 0.333. The Labute approximate surface area is 130 Å². The predicted octanol–water partition coefficient (Wildman–Crippen LogP) is 3.98. The first kappa shape index (κ1) is 15.5. The second kappa shape index (κ2) is 6.02. The molecule has 0 aliphatic carbocycles. The second-order valence-corrected chi connectivity index (χ2v) is 5.25. The molecule has 0 spiro atoms. The van der Waals surface area contributed by atoms with Gasteiger partial charge in [0.15, 0.2) is 5.82 Å². The third kappa shape index (κ3) is 3.35. The van der Waals surface area contributed by atoms with Crippen molar-refractivity contribution < 1.29 is 17.6 Å². The molecule has 1 fully saturated rings. The quantitative estimate of drug-likeness (QED) is 0.866. The summed E-state index contributed by atoms with van der Waals surface area (Å²) in [7, 11) is 0. The molecule has 0 saturated carbocycles. The number of hydrogen-bond donors (Lipinski definition) is 1. The molecule has 0 radical (unpaired) electrons. The van der Waals surface area contributed by atoms with Gasteiger partial charge in [0, 0.05) is 19.2 Å². The highest BCUT2D eigenvalue weighted by Crippen LogP contribution is 2.34. The molecule has 23 heavy (non-hydrogen) atoms. The van der Waals surface area contributed by atoms with E-state index in [1.807, 2.05) is 0 Å². The lowest BCUT2D eigenvalue weighted by Gasteiger charge is -2.17. The molecule has 4 nitrogen and oxygen atoms in total. The third-order valence-corrected chi connectivity index (χ3v) is 3.65. The maximum atomic E-state index is 14.0. The van der Waals surface area contributed by atoms with Crippen LogP contribution in [0.25, 0.3) is 0 Å². The summed E-state index contributed by atoms with van der Waals surface area (Å²) < 4.78 is 52.2. The highest BCUT2D eigenvalue weighted by atomic mass is 19.4. The van der Waals surface area contributed by atoms with Crippen molar-refractivity contribution in [3.05, 3.63) is 42.0 Å². The van der Waals surface area contributed by atoms with Crippen LogP contribution in [0.2, 0.25) is 0 Å². The molecule has 0 unspecified atom stereocenters. The van der Waals surface area contributed by atoms with Crippen molar-refractivity contribution in [2.24, 2.45) is 0 Å². The van der Waals surface area contributed by atoms with Crippen LogP contribution in [0.15, 0.2) is 30.6 Å². The maximum absolute atomic E-state index is 14.0. The second-order valence-electron chi connectivity index (χ2n) is 5.25. The van der Waals surface area contributed by atoms with E-state index in [1.165, 1.54) is 12.4 Å². The predicted molar refractivity (Wildman–Crippen MR) is 78.2 cm³/mol.